The number of nitrogens with one attached hydrogen (secondary N) is 1. The van der Waals surface area contributed by atoms with Crippen molar-refractivity contribution in [2.45, 2.75) is 13.0 Å². The van der Waals surface area contributed by atoms with Crippen LogP contribution in [0.4, 0.5) is 5.69 Å². The van der Waals surface area contributed by atoms with Crippen LogP contribution in [0.15, 0.2) is 42.5 Å². The fourth-order valence-electron chi connectivity index (χ4n) is 1.82. The first-order valence-corrected chi connectivity index (χ1v) is 8.15. The zero-order valence-electron chi connectivity index (χ0n) is 12.2. The number of hydrogen-bond acceptors (Lipinski definition) is 3. The lowest BCUT2D eigenvalue weighted by Crippen LogP contribution is -2.30. The van der Waals surface area contributed by atoms with Gasteiger partial charge in [0.15, 0.2) is 6.10 Å². The number of primary amides is 1. The maximum atomic E-state index is 12.2. The topological polar surface area (TPSA) is 81.4 Å². The van der Waals surface area contributed by atoms with Crippen LogP contribution < -0.4 is 15.8 Å². The minimum Gasteiger partial charge on any atom is -0.480 e. The van der Waals surface area contributed by atoms with Gasteiger partial charge in [-0.15, -0.1) is 0 Å². The van der Waals surface area contributed by atoms with Gasteiger partial charge in [-0.3, -0.25) is 9.59 Å². The SMILES string of the molecule is CC(Oc1ccc(Cl)cc1C(N)=O)C(=O)Nc1ccc(I)cc1. The lowest BCUT2D eigenvalue weighted by atomic mass is 10.2. The largest absolute Gasteiger partial charge is 0.480 e. The third-order valence-electron chi connectivity index (χ3n) is 2.99. The Hall–Kier alpha value is -1.80. The molecule has 3 N–H and O–H groups in total. The van der Waals surface area contributed by atoms with Crippen LogP contribution in [-0.2, 0) is 4.79 Å². The van der Waals surface area contributed by atoms with Crippen molar-refractivity contribution >= 4 is 51.7 Å². The molecule has 0 aliphatic carbocycles. The van der Waals surface area contributed by atoms with Gasteiger partial charge in [0.25, 0.3) is 11.8 Å². The summed E-state index contributed by atoms with van der Waals surface area (Å²) < 4.78 is 6.61. The second-order valence-corrected chi connectivity index (χ2v) is 6.44. The molecular weight excluding hydrogens is 431 g/mol. The second kappa shape index (κ2) is 7.65. The van der Waals surface area contributed by atoms with Crippen molar-refractivity contribution in [3.05, 3.63) is 56.6 Å². The van der Waals surface area contributed by atoms with E-state index >= 15 is 0 Å². The van der Waals surface area contributed by atoms with Crippen LogP contribution in [0.5, 0.6) is 5.75 Å². The van der Waals surface area contributed by atoms with E-state index in [9.17, 15) is 9.59 Å². The summed E-state index contributed by atoms with van der Waals surface area (Å²) in [5.41, 5.74) is 6.09. The molecule has 0 saturated carbocycles. The van der Waals surface area contributed by atoms with E-state index in [1.807, 2.05) is 12.1 Å². The molecule has 0 heterocycles. The molecule has 2 aromatic rings. The zero-order chi connectivity index (χ0) is 17.0. The van der Waals surface area contributed by atoms with Crippen molar-refractivity contribution in [1.82, 2.24) is 0 Å². The molecule has 1 atom stereocenters. The number of carbonyl (C=O) groups is 2. The van der Waals surface area contributed by atoms with Crippen molar-refractivity contribution in [3.63, 3.8) is 0 Å². The van der Waals surface area contributed by atoms with Crippen LogP contribution in [0, 0.1) is 3.57 Å². The number of halogens is 2. The summed E-state index contributed by atoms with van der Waals surface area (Å²) in [5, 5.41) is 3.10. The second-order valence-electron chi connectivity index (χ2n) is 4.76. The number of benzene rings is 2. The van der Waals surface area contributed by atoms with Gasteiger partial charge < -0.3 is 15.8 Å². The summed E-state index contributed by atoms with van der Waals surface area (Å²) in [7, 11) is 0. The van der Waals surface area contributed by atoms with Gasteiger partial charge in [-0.2, -0.15) is 0 Å². The Morgan fingerprint density at radius 3 is 2.48 bits per heavy atom. The van der Waals surface area contributed by atoms with Crippen molar-refractivity contribution in [2.75, 3.05) is 5.32 Å². The predicted octanol–water partition coefficient (Wildman–Crippen LogP) is 3.45. The van der Waals surface area contributed by atoms with E-state index in [0.29, 0.717) is 10.7 Å². The molecule has 0 bridgehead atoms. The molecule has 120 valence electrons. The molecule has 23 heavy (non-hydrogen) atoms. The smallest absolute Gasteiger partial charge is 0.265 e. The summed E-state index contributed by atoms with van der Waals surface area (Å²) in [6.07, 6.45) is -0.812. The van der Waals surface area contributed by atoms with E-state index in [-0.39, 0.29) is 17.2 Å². The Bertz CT molecular complexity index is 735. The molecule has 7 heteroatoms. The summed E-state index contributed by atoms with van der Waals surface area (Å²) in [4.78, 5) is 23.6. The van der Waals surface area contributed by atoms with Crippen LogP contribution in [-0.4, -0.2) is 17.9 Å². The number of hydrogen-bond donors (Lipinski definition) is 2. The Morgan fingerprint density at radius 1 is 1.22 bits per heavy atom. The van der Waals surface area contributed by atoms with Crippen molar-refractivity contribution in [3.8, 4) is 5.75 Å². The van der Waals surface area contributed by atoms with Crippen LogP contribution >= 0.6 is 34.2 Å². The molecular formula is C16H14ClIN2O3. The van der Waals surface area contributed by atoms with E-state index in [0.717, 1.165) is 3.57 Å². The van der Waals surface area contributed by atoms with Gasteiger partial charge in [0.1, 0.15) is 5.75 Å². The molecule has 0 fully saturated rings. The van der Waals surface area contributed by atoms with Crippen LogP contribution in [0.25, 0.3) is 0 Å². The van der Waals surface area contributed by atoms with Crippen molar-refractivity contribution < 1.29 is 14.3 Å². The third-order valence-corrected chi connectivity index (χ3v) is 3.95. The molecule has 0 aromatic heterocycles. The average Bonchev–Trinajstić information content (AvgIpc) is 2.51. The number of rotatable bonds is 5. The van der Waals surface area contributed by atoms with Crippen LogP contribution in [0.2, 0.25) is 5.02 Å². The summed E-state index contributed by atoms with van der Waals surface area (Å²) in [5.74, 6) is -0.795. The lowest BCUT2D eigenvalue weighted by molar-refractivity contribution is -0.122. The van der Waals surface area contributed by atoms with E-state index in [1.165, 1.54) is 12.1 Å². The number of carbonyl (C=O) groups excluding carboxylic acids is 2. The van der Waals surface area contributed by atoms with Gasteiger partial charge >= 0.3 is 0 Å². The maximum Gasteiger partial charge on any atom is 0.265 e. The fourth-order valence-corrected chi connectivity index (χ4v) is 2.35. The fraction of sp³-hybridized carbons (Fsp3) is 0.125. The standard InChI is InChI=1S/C16H14ClIN2O3/c1-9(16(22)20-12-5-3-11(18)4-6-12)23-14-7-2-10(17)8-13(14)15(19)21/h2-9H,1H3,(H2,19,21)(H,20,22). The number of amides is 2. The van der Waals surface area contributed by atoms with Crippen molar-refractivity contribution in [1.29, 1.82) is 0 Å². The molecule has 0 aliphatic rings. The van der Waals surface area contributed by atoms with Gasteiger partial charge in [0, 0.05) is 14.3 Å². The van der Waals surface area contributed by atoms with Crippen LogP contribution in [0.3, 0.4) is 0 Å². The van der Waals surface area contributed by atoms with Gasteiger partial charge in [-0.25, -0.2) is 0 Å². The number of anilines is 1. The lowest BCUT2D eigenvalue weighted by Gasteiger charge is -2.16. The first-order valence-electron chi connectivity index (χ1n) is 6.69. The van der Waals surface area contributed by atoms with Gasteiger partial charge in [0.05, 0.1) is 5.56 Å². The molecule has 1 unspecified atom stereocenters. The highest BCUT2D eigenvalue weighted by Crippen LogP contribution is 2.24. The zero-order valence-corrected chi connectivity index (χ0v) is 15.1. The molecule has 0 saturated heterocycles. The maximum absolute atomic E-state index is 12.2. The van der Waals surface area contributed by atoms with E-state index < -0.39 is 12.0 Å². The quantitative estimate of drug-likeness (QED) is 0.693. The highest BCUT2D eigenvalue weighted by atomic mass is 127. The number of nitrogens with two attached hydrogens (primary N) is 1. The minimum atomic E-state index is -0.812. The summed E-state index contributed by atoms with van der Waals surface area (Å²) >= 11 is 8.02. The average molecular weight is 445 g/mol. The number of ether oxygens (including phenoxy) is 1. The molecule has 0 aliphatic heterocycles. The Labute approximate surface area is 152 Å². The molecule has 2 aromatic carbocycles. The molecule has 0 spiro atoms. The van der Waals surface area contributed by atoms with E-state index in [2.05, 4.69) is 27.9 Å². The highest BCUT2D eigenvalue weighted by molar-refractivity contribution is 14.1. The summed E-state index contributed by atoms with van der Waals surface area (Å²) in [6, 6.07) is 11.8. The summed E-state index contributed by atoms with van der Waals surface area (Å²) in [6.45, 7) is 1.58. The third kappa shape index (κ3) is 4.84. The predicted molar refractivity (Wildman–Crippen MR) is 97.8 cm³/mol. The molecule has 5 nitrogen and oxygen atoms in total. The molecule has 2 amide bonds. The van der Waals surface area contributed by atoms with E-state index in [4.69, 9.17) is 22.1 Å². The Morgan fingerprint density at radius 2 is 1.87 bits per heavy atom. The van der Waals surface area contributed by atoms with Gasteiger partial charge in [-0.1, -0.05) is 11.6 Å². The van der Waals surface area contributed by atoms with Gasteiger partial charge in [0.2, 0.25) is 0 Å². The molecule has 2 rings (SSSR count). The monoisotopic (exact) mass is 444 g/mol. The molecule has 0 radical (unpaired) electrons. The highest BCUT2D eigenvalue weighted by Gasteiger charge is 2.18. The normalized spacial score (nSPS) is 11.6. The van der Waals surface area contributed by atoms with Gasteiger partial charge in [-0.05, 0) is 72.0 Å². The van der Waals surface area contributed by atoms with Crippen molar-refractivity contribution in [2.24, 2.45) is 5.73 Å². The Balaban J connectivity index is 2.09. The first kappa shape index (κ1) is 17.6. The van der Waals surface area contributed by atoms with Crippen LogP contribution in [0.1, 0.15) is 17.3 Å². The minimum absolute atomic E-state index is 0.131. The first-order chi connectivity index (χ1) is 10.9. The Kier molecular flexibility index (Phi) is 5.84. The van der Waals surface area contributed by atoms with E-state index in [1.54, 1.807) is 25.1 Å².